The van der Waals surface area contributed by atoms with Crippen molar-refractivity contribution >= 4 is 17.8 Å². The van der Waals surface area contributed by atoms with Gasteiger partial charge in [-0.2, -0.15) is 13.2 Å². The number of alkyl halides is 3. The van der Waals surface area contributed by atoms with E-state index in [1.54, 1.807) is 0 Å². The molecule has 9 heteroatoms. The summed E-state index contributed by atoms with van der Waals surface area (Å²) in [6.45, 7) is 1.11. The van der Waals surface area contributed by atoms with Crippen LogP contribution in [0.1, 0.15) is 20.3 Å². The molecule has 0 aliphatic carbocycles. The summed E-state index contributed by atoms with van der Waals surface area (Å²) in [5.74, 6) is -2.98. The molecule has 1 heterocycles. The largest absolute Gasteiger partial charge is 0.467 e. The normalized spacial score (nSPS) is 19.6. The molecule has 0 aromatic rings. The Labute approximate surface area is 119 Å². The number of hydrogen-bond acceptors (Lipinski definition) is 4. The topological polar surface area (TPSA) is 75.7 Å². The molecule has 1 rings (SSSR count). The van der Waals surface area contributed by atoms with Crippen LogP contribution < -0.4 is 5.32 Å². The van der Waals surface area contributed by atoms with Gasteiger partial charge >= 0.3 is 12.1 Å². The number of amides is 2. The number of ether oxygens (including phenoxy) is 1. The number of hydrogen-bond donors (Lipinski definition) is 1. The van der Waals surface area contributed by atoms with Gasteiger partial charge in [0.25, 0.3) is 0 Å². The van der Waals surface area contributed by atoms with E-state index in [1.165, 1.54) is 13.8 Å². The number of nitrogens with one attached hydrogen (secondary N) is 1. The van der Waals surface area contributed by atoms with Gasteiger partial charge < -0.3 is 15.0 Å². The average Bonchev–Trinajstić information content (AvgIpc) is 2.67. The molecule has 0 aromatic carbocycles. The number of rotatable bonds is 4. The Morgan fingerprint density at radius 2 is 1.95 bits per heavy atom. The number of halogens is 3. The molecule has 21 heavy (non-hydrogen) atoms. The third-order valence-electron chi connectivity index (χ3n) is 3.09. The fourth-order valence-corrected chi connectivity index (χ4v) is 2.03. The van der Waals surface area contributed by atoms with Gasteiger partial charge in [0.15, 0.2) is 0 Å². The van der Waals surface area contributed by atoms with Crippen molar-refractivity contribution < 1.29 is 32.3 Å². The SMILES string of the molecule is COC(=O)C(C)(C)NC(=O)[C@@H]1CC(=O)N(CC(F)(F)F)C1. The maximum absolute atomic E-state index is 12.3. The highest BCUT2D eigenvalue weighted by Crippen LogP contribution is 2.24. The Kier molecular flexibility index (Phi) is 4.85. The summed E-state index contributed by atoms with van der Waals surface area (Å²) in [5, 5.41) is 2.38. The van der Waals surface area contributed by atoms with Crippen LogP contribution >= 0.6 is 0 Å². The van der Waals surface area contributed by atoms with Crippen LogP contribution in [0.4, 0.5) is 13.2 Å². The van der Waals surface area contributed by atoms with E-state index in [-0.39, 0.29) is 13.0 Å². The van der Waals surface area contributed by atoms with Gasteiger partial charge in [-0.15, -0.1) is 0 Å². The van der Waals surface area contributed by atoms with Crippen molar-refractivity contribution in [1.29, 1.82) is 0 Å². The molecule has 1 aliphatic heterocycles. The minimum absolute atomic E-state index is 0.306. The molecule has 0 saturated carbocycles. The van der Waals surface area contributed by atoms with E-state index in [1.807, 2.05) is 0 Å². The van der Waals surface area contributed by atoms with Crippen LogP contribution in [0.25, 0.3) is 0 Å². The predicted molar refractivity (Wildman–Crippen MR) is 65.0 cm³/mol. The molecule has 1 N–H and O–H groups in total. The monoisotopic (exact) mass is 310 g/mol. The lowest BCUT2D eigenvalue weighted by atomic mass is 10.0. The summed E-state index contributed by atoms with van der Waals surface area (Å²) in [6, 6.07) is 0. The lowest BCUT2D eigenvalue weighted by Gasteiger charge is -2.25. The first-order valence-electron chi connectivity index (χ1n) is 6.21. The van der Waals surface area contributed by atoms with Crippen molar-refractivity contribution in [2.75, 3.05) is 20.2 Å². The third-order valence-corrected chi connectivity index (χ3v) is 3.09. The van der Waals surface area contributed by atoms with E-state index in [9.17, 15) is 27.6 Å². The smallest absolute Gasteiger partial charge is 0.406 e. The number of likely N-dealkylation sites (tertiary alicyclic amines) is 1. The molecule has 6 nitrogen and oxygen atoms in total. The maximum Gasteiger partial charge on any atom is 0.406 e. The molecule has 120 valence electrons. The molecule has 2 amide bonds. The van der Waals surface area contributed by atoms with E-state index in [4.69, 9.17) is 0 Å². The van der Waals surface area contributed by atoms with Crippen LogP contribution in [0.2, 0.25) is 0 Å². The first-order chi connectivity index (χ1) is 9.46. The second-order valence-corrected chi connectivity index (χ2v) is 5.40. The maximum atomic E-state index is 12.3. The number of methoxy groups -OCH3 is 1. The third kappa shape index (κ3) is 4.61. The van der Waals surface area contributed by atoms with Gasteiger partial charge in [-0.25, -0.2) is 4.79 Å². The second-order valence-electron chi connectivity index (χ2n) is 5.40. The van der Waals surface area contributed by atoms with Crippen LogP contribution in [0, 0.1) is 5.92 Å². The molecular formula is C12H17F3N2O4. The van der Waals surface area contributed by atoms with E-state index < -0.39 is 42.0 Å². The number of carbonyl (C=O) groups is 3. The predicted octanol–water partition coefficient (Wildman–Crippen LogP) is 0.465. The molecular weight excluding hydrogens is 293 g/mol. The highest BCUT2D eigenvalue weighted by molar-refractivity contribution is 5.92. The van der Waals surface area contributed by atoms with E-state index in [0.29, 0.717) is 4.90 Å². The van der Waals surface area contributed by atoms with Crippen molar-refractivity contribution in [2.24, 2.45) is 5.92 Å². The zero-order chi connectivity index (χ0) is 16.4. The molecule has 1 aliphatic rings. The molecule has 0 unspecified atom stereocenters. The number of nitrogens with zero attached hydrogens (tertiary/aromatic N) is 1. The van der Waals surface area contributed by atoms with Crippen LogP contribution in [-0.2, 0) is 19.1 Å². The van der Waals surface area contributed by atoms with Gasteiger partial charge in [-0.05, 0) is 13.8 Å². The quantitative estimate of drug-likeness (QED) is 0.766. The molecule has 0 radical (unpaired) electrons. The summed E-state index contributed by atoms with van der Waals surface area (Å²) in [4.78, 5) is 35.5. The lowest BCUT2D eigenvalue weighted by Crippen LogP contribution is -2.52. The first-order valence-corrected chi connectivity index (χ1v) is 6.21. The zero-order valence-corrected chi connectivity index (χ0v) is 11.9. The van der Waals surface area contributed by atoms with Crippen molar-refractivity contribution in [3.63, 3.8) is 0 Å². The molecule has 1 saturated heterocycles. The summed E-state index contributed by atoms with van der Waals surface area (Å²) >= 11 is 0. The van der Waals surface area contributed by atoms with Gasteiger partial charge in [0.05, 0.1) is 13.0 Å². The second kappa shape index (κ2) is 5.90. The van der Waals surface area contributed by atoms with Gasteiger partial charge in [0.1, 0.15) is 12.1 Å². The summed E-state index contributed by atoms with van der Waals surface area (Å²) in [6.07, 6.45) is -4.81. The molecule has 0 bridgehead atoms. The fourth-order valence-electron chi connectivity index (χ4n) is 2.03. The van der Waals surface area contributed by atoms with Crippen molar-refractivity contribution in [1.82, 2.24) is 10.2 Å². The van der Waals surface area contributed by atoms with Gasteiger partial charge in [0.2, 0.25) is 11.8 Å². The number of carbonyl (C=O) groups excluding carboxylic acids is 3. The fraction of sp³-hybridized carbons (Fsp3) is 0.750. The Morgan fingerprint density at radius 1 is 1.38 bits per heavy atom. The highest BCUT2D eigenvalue weighted by atomic mass is 19.4. The van der Waals surface area contributed by atoms with Crippen molar-refractivity contribution in [3.8, 4) is 0 Å². The minimum Gasteiger partial charge on any atom is -0.467 e. The van der Waals surface area contributed by atoms with E-state index in [2.05, 4.69) is 10.1 Å². The Bertz CT molecular complexity index is 448. The van der Waals surface area contributed by atoms with Gasteiger partial charge in [-0.1, -0.05) is 0 Å². The summed E-state index contributed by atoms with van der Waals surface area (Å²) in [5.41, 5.74) is -1.31. The summed E-state index contributed by atoms with van der Waals surface area (Å²) in [7, 11) is 1.15. The van der Waals surface area contributed by atoms with E-state index >= 15 is 0 Å². The standard InChI is InChI=1S/C12H17F3N2O4/c1-11(2,10(20)21-3)16-9(19)7-4-8(18)17(5-7)6-12(13,14)15/h7H,4-6H2,1-3H3,(H,16,19)/t7-/m1/s1. The minimum atomic E-state index is -4.51. The van der Waals surface area contributed by atoms with Crippen LogP contribution in [0.3, 0.4) is 0 Å². The van der Waals surface area contributed by atoms with E-state index in [0.717, 1.165) is 7.11 Å². The molecule has 1 fully saturated rings. The van der Waals surface area contributed by atoms with Gasteiger partial charge in [-0.3, -0.25) is 9.59 Å². The number of esters is 1. The summed E-state index contributed by atoms with van der Waals surface area (Å²) < 4.78 is 41.3. The zero-order valence-electron chi connectivity index (χ0n) is 11.9. The Hall–Kier alpha value is -1.80. The van der Waals surface area contributed by atoms with Crippen molar-refractivity contribution in [3.05, 3.63) is 0 Å². The van der Waals surface area contributed by atoms with Crippen LogP contribution in [0.15, 0.2) is 0 Å². The Morgan fingerprint density at radius 3 is 2.43 bits per heavy atom. The highest BCUT2D eigenvalue weighted by Gasteiger charge is 2.42. The molecule has 0 aromatic heterocycles. The Balaban J connectivity index is 2.66. The van der Waals surface area contributed by atoms with Gasteiger partial charge in [0, 0.05) is 13.0 Å². The van der Waals surface area contributed by atoms with Crippen LogP contribution in [0.5, 0.6) is 0 Å². The lowest BCUT2D eigenvalue weighted by molar-refractivity contribution is -0.157. The van der Waals surface area contributed by atoms with Crippen molar-refractivity contribution in [2.45, 2.75) is 32.0 Å². The molecule has 1 atom stereocenters. The first kappa shape index (κ1) is 17.3. The average molecular weight is 310 g/mol. The molecule has 0 spiro atoms. The van der Waals surface area contributed by atoms with Crippen LogP contribution in [-0.4, -0.2) is 54.6 Å².